The van der Waals surface area contributed by atoms with Gasteiger partial charge in [0.1, 0.15) is 0 Å². The molecule has 1 aromatic heterocycles. The van der Waals surface area contributed by atoms with E-state index in [0.29, 0.717) is 12.6 Å². The first kappa shape index (κ1) is 15.9. The number of piperidine rings is 1. The number of hydrogen-bond acceptors (Lipinski definition) is 4. The summed E-state index contributed by atoms with van der Waals surface area (Å²) in [6.07, 6.45) is 4.85. The van der Waals surface area contributed by atoms with Gasteiger partial charge >= 0.3 is 0 Å². The zero-order valence-electron chi connectivity index (χ0n) is 13.1. The summed E-state index contributed by atoms with van der Waals surface area (Å²) in [4.78, 5) is 20.6. The summed E-state index contributed by atoms with van der Waals surface area (Å²) in [7, 11) is 3.93. The molecule has 2 heterocycles. The van der Waals surface area contributed by atoms with Crippen molar-refractivity contribution in [3.63, 3.8) is 0 Å². The van der Waals surface area contributed by atoms with Crippen molar-refractivity contribution in [3.8, 4) is 0 Å². The quantitative estimate of drug-likeness (QED) is 0.840. The summed E-state index contributed by atoms with van der Waals surface area (Å²) in [6, 6.07) is 6.42. The van der Waals surface area contributed by atoms with E-state index in [1.807, 2.05) is 30.1 Å². The number of amides is 1. The first-order valence-electron chi connectivity index (χ1n) is 7.71. The van der Waals surface area contributed by atoms with Gasteiger partial charge in [-0.2, -0.15) is 0 Å². The molecule has 1 aliphatic heterocycles. The lowest BCUT2D eigenvalue weighted by Gasteiger charge is -2.32. The molecule has 116 valence electrons. The second-order valence-corrected chi connectivity index (χ2v) is 5.78. The van der Waals surface area contributed by atoms with Crippen LogP contribution in [0.4, 0.5) is 0 Å². The normalized spacial score (nSPS) is 16.1. The number of likely N-dealkylation sites (N-methyl/N-ethyl adjacent to an activating group) is 2. The summed E-state index contributed by atoms with van der Waals surface area (Å²) >= 11 is 0. The lowest BCUT2D eigenvalue weighted by molar-refractivity contribution is -0.131. The Hall–Kier alpha value is -1.46. The van der Waals surface area contributed by atoms with Crippen LogP contribution in [-0.2, 0) is 11.2 Å². The van der Waals surface area contributed by atoms with E-state index in [2.05, 4.69) is 22.2 Å². The van der Waals surface area contributed by atoms with Crippen molar-refractivity contribution in [2.45, 2.75) is 25.3 Å². The van der Waals surface area contributed by atoms with E-state index in [9.17, 15) is 4.79 Å². The summed E-state index contributed by atoms with van der Waals surface area (Å²) < 4.78 is 0. The Bertz CT molecular complexity index is 431. The maximum absolute atomic E-state index is 12.3. The number of carbonyl (C=O) groups excluding carboxylic acids is 1. The van der Waals surface area contributed by atoms with Crippen LogP contribution in [0.25, 0.3) is 0 Å². The molecule has 1 saturated heterocycles. The van der Waals surface area contributed by atoms with Gasteiger partial charge < -0.3 is 10.2 Å². The Labute approximate surface area is 127 Å². The highest BCUT2D eigenvalue weighted by atomic mass is 16.2. The van der Waals surface area contributed by atoms with Crippen molar-refractivity contribution in [2.75, 3.05) is 40.3 Å². The van der Waals surface area contributed by atoms with Crippen LogP contribution in [-0.4, -0.2) is 67.0 Å². The zero-order valence-corrected chi connectivity index (χ0v) is 13.1. The van der Waals surface area contributed by atoms with Gasteiger partial charge in [0.25, 0.3) is 0 Å². The molecule has 1 aromatic rings. The molecule has 21 heavy (non-hydrogen) atoms. The van der Waals surface area contributed by atoms with Crippen LogP contribution >= 0.6 is 0 Å². The number of carbonyl (C=O) groups is 1. The minimum Gasteiger partial charge on any atom is -0.344 e. The minimum absolute atomic E-state index is 0.187. The monoisotopic (exact) mass is 290 g/mol. The third-order valence-corrected chi connectivity index (χ3v) is 4.17. The smallest absolute Gasteiger partial charge is 0.236 e. The second kappa shape index (κ2) is 8.10. The van der Waals surface area contributed by atoms with Crippen molar-refractivity contribution < 1.29 is 4.79 Å². The molecule has 0 saturated carbocycles. The third-order valence-electron chi connectivity index (χ3n) is 4.17. The number of nitrogens with one attached hydrogen (secondary N) is 1. The van der Waals surface area contributed by atoms with Crippen LogP contribution < -0.4 is 5.32 Å². The van der Waals surface area contributed by atoms with E-state index in [1.165, 1.54) is 0 Å². The maximum Gasteiger partial charge on any atom is 0.236 e. The molecule has 1 aliphatic rings. The lowest BCUT2D eigenvalue weighted by atomic mass is 10.1. The molecule has 0 aliphatic carbocycles. The summed E-state index contributed by atoms with van der Waals surface area (Å²) in [5.41, 5.74) is 1.03. The van der Waals surface area contributed by atoms with Crippen molar-refractivity contribution >= 4 is 5.91 Å². The SMILES string of the molecule is CN(CCc1ccccn1)C(=O)CN(C)C1CCNCC1. The van der Waals surface area contributed by atoms with Gasteiger partial charge in [0.15, 0.2) is 0 Å². The molecule has 1 amide bonds. The lowest BCUT2D eigenvalue weighted by Crippen LogP contribution is -2.46. The highest BCUT2D eigenvalue weighted by Gasteiger charge is 2.20. The zero-order chi connectivity index (χ0) is 15.1. The number of rotatable bonds is 6. The Balaban J connectivity index is 1.74. The van der Waals surface area contributed by atoms with Crippen molar-refractivity contribution in [2.24, 2.45) is 0 Å². The topological polar surface area (TPSA) is 48.5 Å². The molecule has 1 fully saturated rings. The fraction of sp³-hybridized carbons (Fsp3) is 0.625. The molecule has 0 radical (unpaired) electrons. The maximum atomic E-state index is 12.3. The van der Waals surface area contributed by atoms with Gasteiger partial charge in [-0.15, -0.1) is 0 Å². The minimum atomic E-state index is 0.187. The van der Waals surface area contributed by atoms with Gasteiger partial charge in [0.2, 0.25) is 5.91 Å². The number of pyridine rings is 1. The Morgan fingerprint density at radius 2 is 2.10 bits per heavy atom. The fourth-order valence-electron chi connectivity index (χ4n) is 2.66. The van der Waals surface area contributed by atoms with Gasteiger partial charge in [-0.25, -0.2) is 0 Å². The van der Waals surface area contributed by atoms with Crippen LogP contribution in [0.1, 0.15) is 18.5 Å². The Kier molecular flexibility index (Phi) is 6.14. The molecule has 0 unspecified atom stereocenters. The van der Waals surface area contributed by atoms with E-state index in [4.69, 9.17) is 0 Å². The highest BCUT2D eigenvalue weighted by molar-refractivity contribution is 5.78. The van der Waals surface area contributed by atoms with Crippen molar-refractivity contribution in [1.82, 2.24) is 20.1 Å². The molecule has 0 aromatic carbocycles. The van der Waals surface area contributed by atoms with Gasteiger partial charge in [-0.05, 0) is 45.1 Å². The van der Waals surface area contributed by atoms with Gasteiger partial charge in [-0.1, -0.05) is 6.07 Å². The van der Waals surface area contributed by atoms with E-state index in [-0.39, 0.29) is 5.91 Å². The molecular weight excluding hydrogens is 264 g/mol. The molecule has 0 bridgehead atoms. The Morgan fingerprint density at radius 3 is 2.76 bits per heavy atom. The van der Waals surface area contributed by atoms with Gasteiger partial charge in [-0.3, -0.25) is 14.7 Å². The summed E-state index contributed by atoms with van der Waals surface area (Å²) in [6.45, 7) is 3.33. The van der Waals surface area contributed by atoms with Crippen LogP contribution in [0.15, 0.2) is 24.4 Å². The summed E-state index contributed by atoms with van der Waals surface area (Å²) in [5, 5.41) is 3.36. The number of hydrogen-bond donors (Lipinski definition) is 1. The van der Waals surface area contributed by atoms with Crippen LogP contribution in [0.5, 0.6) is 0 Å². The van der Waals surface area contributed by atoms with Crippen molar-refractivity contribution in [1.29, 1.82) is 0 Å². The largest absolute Gasteiger partial charge is 0.344 e. The van der Waals surface area contributed by atoms with Gasteiger partial charge in [0, 0.05) is 37.9 Å². The van der Waals surface area contributed by atoms with E-state index in [0.717, 1.165) is 44.6 Å². The number of nitrogens with zero attached hydrogens (tertiary/aromatic N) is 3. The standard InChI is InChI=1S/C16H26N4O/c1-19(12-8-14-5-3-4-9-18-14)16(21)13-20(2)15-6-10-17-11-7-15/h3-5,9,15,17H,6-8,10-13H2,1-2H3. The van der Waals surface area contributed by atoms with E-state index >= 15 is 0 Å². The van der Waals surface area contributed by atoms with Crippen LogP contribution in [0.2, 0.25) is 0 Å². The molecule has 1 N–H and O–H groups in total. The second-order valence-electron chi connectivity index (χ2n) is 5.78. The molecular formula is C16H26N4O. The molecule has 5 nitrogen and oxygen atoms in total. The first-order valence-corrected chi connectivity index (χ1v) is 7.71. The molecule has 0 atom stereocenters. The number of aromatic nitrogens is 1. The van der Waals surface area contributed by atoms with Crippen LogP contribution in [0.3, 0.4) is 0 Å². The summed E-state index contributed by atoms with van der Waals surface area (Å²) in [5.74, 6) is 0.187. The van der Waals surface area contributed by atoms with Crippen LogP contribution in [0, 0.1) is 0 Å². The molecule has 0 spiro atoms. The average molecular weight is 290 g/mol. The van der Waals surface area contributed by atoms with Crippen molar-refractivity contribution in [3.05, 3.63) is 30.1 Å². The highest BCUT2D eigenvalue weighted by Crippen LogP contribution is 2.09. The van der Waals surface area contributed by atoms with Gasteiger partial charge in [0.05, 0.1) is 6.54 Å². The third kappa shape index (κ3) is 5.10. The predicted molar refractivity (Wildman–Crippen MR) is 84.1 cm³/mol. The molecule has 2 rings (SSSR count). The van der Waals surface area contributed by atoms with E-state index in [1.54, 1.807) is 6.20 Å². The predicted octanol–water partition coefficient (Wildman–Crippen LogP) is 0.766. The average Bonchev–Trinajstić information content (AvgIpc) is 2.54. The first-order chi connectivity index (χ1) is 10.2. The Morgan fingerprint density at radius 1 is 1.33 bits per heavy atom. The molecule has 5 heteroatoms. The van der Waals surface area contributed by atoms with E-state index < -0.39 is 0 Å². The fourth-order valence-corrected chi connectivity index (χ4v) is 2.66.